The molecule has 2 N–H and O–H groups in total. The van der Waals surface area contributed by atoms with Crippen molar-refractivity contribution >= 4 is 23.7 Å². The van der Waals surface area contributed by atoms with Crippen LogP contribution in [0.4, 0.5) is 0 Å². The zero-order valence-corrected chi connectivity index (χ0v) is 19.5. The molecule has 1 aliphatic carbocycles. The molecule has 0 aromatic carbocycles. The number of ketones is 1. The molecular weight excluding hydrogens is 420 g/mol. The second kappa shape index (κ2) is 9.70. The smallest absolute Gasteiger partial charge is 0.334 e. The molecule has 2 aliphatic rings. The Morgan fingerprint density at radius 2 is 1.66 bits per heavy atom. The number of carbonyl (C=O) groups is 4. The third-order valence-electron chi connectivity index (χ3n) is 6.21. The number of Topliss-reactive ketones (excluding diaryl/α,β-unsaturated/α-hetero) is 1. The van der Waals surface area contributed by atoms with E-state index in [2.05, 4.69) is 6.58 Å². The number of fused-ring (bicyclic) bond motifs is 1. The van der Waals surface area contributed by atoms with Crippen molar-refractivity contribution in [2.24, 2.45) is 23.7 Å². The van der Waals surface area contributed by atoms with Crippen LogP contribution in [0, 0.1) is 23.7 Å². The van der Waals surface area contributed by atoms with Crippen molar-refractivity contribution in [3.8, 4) is 0 Å². The van der Waals surface area contributed by atoms with E-state index in [1.54, 1.807) is 34.6 Å². The SMILES string of the molecule is C=C1C(=O)O[C@@H]2[C@@H]1[C@H](O)[C@@H](OC(=O)C(C)C)[C@@H](C)CCC(=O)[C@](C)(O)[C@H]2OC(=O)C(C)C. The fourth-order valence-corrected chi connectivity index (χ4v) is 3.95. The Morgan fingerprint density at radius 3 is 2.19 bits per heavy atom. The van der Waals surface area contributed by atoms with Crippen molar-refractivity contribution in [1.82, 2.24) is 0 Å². The molecule has 0 aromatic rings. The highest BCUT2D eigenvalue weighted by atomic mass is 16.6. The molecule has 180 valence electrons. The summed E-state index contributed by atoms with van der Waals surface area (Å²) in [4.78, 5) is 50.1. The summed E-state index contributed by atoms with van der Waals surface area (Å²) in [5.41, 5.74) is -2.30. The maximum atomic E-state index is 13.0. The van der Waals surface area contributed by atoms with Gasteiger partial charge in [0.2, 0.25) is 0 Å². The summed E-state index contributed by atoms with van der Waals surface area (Å²) >= 11 is 0. The number of aliphatic hydroxyl groups is 2. The number of esters is 3. The molecule has 2 rings (SSSR count). The van der Waals surface area contributed by atoms with Gasteiger partial charge in [0, 0.05) is 12.0 Å². The molecule has 0 radical (unpaired) electrons. The fraction of sp³-hybridized carbons (Fsp3) is 0.739. The minimum atomic E-state index is -2.18. The Hall–Kier alpha value is -2.26. The van der Waals surface area contributed by atoms with E-state index in [4.69, 9.17) is 14.2 Å². The lowest BCUT2D eigenvalue weighted by Gasteiger charge is -2.41. The van der Waals surface area contributed by atoms with Crippen LogP contribution in [0.1, 0.15) is 54.4 Å². The molecule has 32 heavy (non-hydrogen) atoms. The lowest BCUT2D eigenvalue weighted by molar-refractivity contribution is -0.198. The van der Waals surface area contributed by atoms with Gasteiger partial charge in [-0.3, -0.25) is 14.4 Å². The second-order valence-electron chi connectivity index (χ2n) is 9.57. The minimum Gasteiger partial charge on any atom is -0.459 e. The van der Waals surface area contributed by atoms with Crippen LogP contribution < -0.4 is 0 Å². The quantitative estimate of drug-likeness (QED) is 0.366. The van der Waals surface area contributed by atoms with Gasteiger partial charge in [-0.25, -0.2) is 4.79 Å². The molecule has 0 amide bonds. The molecule has 0 bridgehead atoms. The van der Waals surface area contributed by atoms with E-state index >= 15 is 0 Å². The topological polar surface area (TPSA) is 136 Å². The van der Waals surface area contributed by atoms with Crippen LogP contribution in [-0.4, -0.2) is 63.9 Å². The van der Waals surface area contributed by atoms with E-state index in [0.29, 0.717) is 0 Å². The lowest BCUT2D eigenvalue weighted by atomic mass is 9.75. The molecule has 0 aromatic heterocycles. The Balaban J connectivity index is 2.58. The van der Waals surface area contributed by atoms with Crippen molar-refractivity contribution in [2.75, 3.05) is 0 Å². The number of ether oxygens (including phenoxy) is 3. The standard InChI is InChI=1S/C23H34O9/c1-10(2)20(26)30-17-12(5)8-9-14(24)23(7,29)19(32-21(27)11(3)4)18-15(16(17)25)13(6)22(28)31-18/h10-12,15-19,25,29H,6,8-9H2,1-5,7H3/t12-,15-,16-,17-,18+,19-,23-/m0/s1. The summed E-state index contributed by atoms with van der Waals surface area (Å²) in [6.45, 7) is 13.1. The number of hydrogen-bond donors (Lipinski definition) is 2. The molecule has 7 atom stereocenters. The van der Waals surface area contributed by atoms with Crippen LogP contribution in [0.25, 0.3) is 0 Å². The van der Waals surface area contributed by atoms with Crippen molar-refractivity contribution < 1.29 is 43.6 Å². The first-order valence-electron chi connectivity index (χ1n) is 10.9. The predicted molar refractivity (Wildman–Crippen MR) is 112 cm³/mol. The van der Waals surface area contributed by atoms with Gasteiger partial charge in [0.05, 0.1) is 17.8 Å². The first kappa shape index (κ1) is 26.0. The summed E-state index contributed by atoms with van der Waals surface area (Å²) in [7, 11) is 0. The van der Waals surface area contributed by atoms with Crippen molar-refractivity contribution in [3.05, 3.63) is 12.2 Å². The van der Waals surface area contributed by atoms with Gasteiger partial charge in [0.15, 0.2) is 23.6 Å². The number of rotatable bonds is 4. The third kappa shape index (κ3) is 5.04. The molecule has 1 aliphatic heterocycles. The van der Waals surface area contributed by atoms with E-state index in [1.807, 2.05) is 0 Å². The van der Waals surface area contributed by atoms with E-state index < -0.39 is 77.4 Å². The largest absolute Gasteiger partial charge is 0.459 e. The molecule has 9 nitrogen and oxygen atoms in total. The van der Waals surface area contributed by atoms with Gasteiger partial charge in [-0.05, 0) is 19.3 Å². The van der Waals surface area contributed by atoms with Crippen LogP contribution in [0.15, 0.2) is 12.2 Å². The molecule has 0 spiro atoms. The first-order chi connectivity index (χ1) is 14.7. The van der Waals surface area contributed by atoms with Crippen LogP contribution in [0.2, 0.25) is 0 Å². The second-order valence-corrected chi connectivity index (χ2v) is 9.57. The summed E-state index contributed by atoms with van der Waals surface area (Å²) < 4.78 is 16.4. The van der Waals surface area contributed by atoms with Crippen molar-refractivity contribution in [2.45, 2.75) is 84.4 Å². The van der Waals surface area contributed by atoms with E-state index in [-0.39, 0.29) is 18.4 Å². The Kier molecular flexibility index (Phi) is 7.88. The summed E-state index contributed by atoms with van der Waals surface area (Å²) in [6.07, 6.45) is -5.42. The van der Waals surface area contributed by atoms with Crippen LogP contribution >= 0.6 is 0 Å². The lowest BCUT2D eigenvalue weighted by Crippen LogP contribution is -2.59. The van der Waals surface area contributed by atoms with Gasteiger partial charge >= 0.3 is 17.9 Å². The maximum absolute atomic E-state index is 13.0. The summed E-state index contributed by atoms with van der Waals surface area (Å²) in [5.74, 6) is -5.43. The highest BCUT2D eigenvalue weighted by molar-refractivity contribution is 5.92. The first-order valence-corrected chi connectivity index (χ1v) is 10.9. The molecular formula is C23H34O9. The zero-order valence-electron chi connectivity index (χ0n) is 19.5. The number of hydrogen-bond acceptors (Lipinski definition) is 9. The van der Waals surface area contributed by atoms with Gasteiger partial charge < -0.3 is 24.4 Å². The van der Waals surface area contributed by atoms with Crippen molar-refractivity contribution in [1.29, 1.82) is 0 Å². The molecule has 1 saturated carbocycles. The average Bonchev–Trinajstić information content (AvgIpc) is 2.99. The van der Waals surface area contributed by atoms with Gasteiger partial charge in [0.1, 0.15) is 12.2 Å². The maximum Gasteiger partial charge on any atom is 0.334 e. The van der Waals surface area contributed by atoms with Crippen LogP contribution in [-0.2, 0) is 33.4 Å². The van der Waals surface area contributed by atoms with Crippen LogP contribution in [0.3, 0.4) is 0 Å². The Bertz CT molecular complexity index is 782. The normalized spacial score (nSPS) is 36.0. The van der Waals surface area contributed by atoms with Gasteiger partial charge in [-0.1, -0.05) is 41.2 Å². The molecule has 0 unspecified atom stereocenters. The molecule has 2 fully saturated rings. The monoisotopic (exact) mass is 454 g/mol. The van der Waals surface area contributed by atoms with E-state index in [0.717, 1.165) is 0 Å². The number of carbonyl (C=O) groups excluding carboxylic acids is 4. The molecule has 9 heteroatoms. The number of aliphatic hydroxyl groups excluding tert-OH is 1. The minimum absolute atomic E-state index is 0.116. The average molecular weight is 455 g/mol. The van der Waals surface area contributed by atoms with Gasteiger partial charge in [-0.15, -0.1) is 0 Å². The highest BCUT2D eigenvalue weighted by Gasteiger charge is 2.58. The summed E-state index contributed by atoms with van der Waals surface area (Å²) in [5, 5.41) is 22.4. The molecule has 1 saturated heterocycles. The van der Waals surface area contributed by atoms with Gasteiger partial charge in [0.25, 0.3) is 0 Å². The predicted octanol–water partition coefficient (Wildman–Crippen LogP) is 1.33. The molecule has 1 heterocycles. The van der Waals surface area contributed by atoms with Gasteiger partial charge in [-0.2, -0.15) is 0 Å². The summed E-state index contributed by atoms with van der Waals surface area (Å²) in [6, 6.07) is 0. The zero-order chi connectivity index (χ0) is 24.5. The van der Waals surface area contributed by atoms with E-state index in [1.165, 1.54) is 6.92 Å². The Labute approximate surface area is 188 Å². The van der Waals surface area contributed by atoms with E-state index in [9.17, 15) is 29.4 Å². The van der Waals surface area contributed by atoms with Crippen LogP contribution in [0.5, 0.6) is 0 Å². The Morgan fingerprint density at radius 1 is 1.12 bits per heavy atom. The van der Waals surface area contributed by atoms with Crippen molar-refractivity contribution in [3.63, 3.8) is 0 Å². The highest BCUT2D eigenvalue weighted by Crippen LogP contribution is 2.41. The fourth-order valence-electron chi connectivity index (χ4n) is 3.95. The third-order valence-corrected chi connectivity index (χ3v) is 6.21.